The monoisotopic (exact) mass is 1640 g/mol. The number of nitrogens with zero attached hydrogens (tertiary/aromatic N) is 7. The first-order valence-corrected chi connectivity index (χ1v) is 40.2. The van der Waals surface area contributed by atoms with E-state index in [1.807, 2.05) is 152 Å². The van der Waals surface area contributed by atoms with Gasteiger partial charge in [-0.25, -0.2) is 19.4 Å². The Bertz CT molecular complexity index is 5470. The third-order valence-electron chi connectivity index (χ3n) is 21.1. The fraction of sp³-hybridized carbons (Fsp3) is 0.292. The van der Waals surface area contributed by atoms with Crippen molar-refractivity contribution in [3.8, 4) is 39.8 Å². The number of anilines is 2. The Kier molecular flexibility index (Phi) is 27.3. The van der Waals surface area contributed by atoms with Gasteiger partial charge in [0.2, 0.25) is 17.8 Å². The minimum absolute atomic E-state index is 0.00101. The van der Waals surface area contributed by atoms with Crippen molar-refractivity contribution in [1.82, 2.24) is 44.6 Å². The van der Waals surface area contributed by atoms with Gasteiger partial charge >= 0.3 is 26.5 Å². The lowest BCUT2D eigenvalue weighted by Crippen LogP contribution is -2.38. The summed E-state index contributed by atoms with van der Waals surface area (Å²) in [6.07, 6.45) is -3.78. The first kappa shape index (κ1) is 83.7. The van der Waals surface area contributed by atoms with Crippen LogP contribution >= 0.6 is 8.60 Å². The molecule has 31 heteroatoms. The highest BCUT2D eigenvalue weighted by Gasteiger charge is 2.45. The van der Waals surface area contributed by atoms with Crippen LogP contribution in [0.2, 0.25) is 0 Å². The van der Waals surface area contributed by atoms with E-state index in [1.165, 1.54) is 35.0 Å². The Morgan fingerprint density at radius 2 is 1.27 bits per heavy atom. The van der Waals surface area contributed by atoms with Crippen LogP contribution in [-0.2, 0) is 65.7 Å². The average Bonchev–Trinajstić information content (AvgIpc) is 1.21. The van der Waals surface area contributed by atoms with E-state index in [4.69, 9.17) is 46.7 Å². The number of amides is 5. The number of nitrogens with one attached hydrogen (secondary N) is 5. The van der Waals surface area contributed by atoms with Gasteiger partial charge in [0.25, 0.3) is 11.5 Å². The molecule has 1 saturated heterocycles. The second kappa shape index (κ2) is 39.2. The molecule has 0 saturated carbocycles. The average molecular weight is 1650 g/mol. The van der Waals surface area contributed by atoms with Gasteiger partial charge in [0.1, 0.15) is 61.3 Å². The number of hydrogen-bond donors (Lipinski definition) is 6. The number of benzene rings is 8. The minimum Gasteiger partial charge on any atom is -0.497 e. The Morgan fingerprint density at radius 1 is 0.692 bits per heavy atom. The van der Waals surface area contributed by atoms with Crippen LogP contribution < -0.4 is 42.0 Å². The minimum atomic E-state index is -2.47. The van der Waals surface area contributed by atoms with E-state index in [2.05, 4.69) is 71.5 Å². The van der Waals surface area contributed by atoms with Crippen LogP contribution in [0.3, 0.4) is 0 Å². The van der Waals surface area contributed by atoms with E-state index in [0.717, 1.165) is 60.2 Å². The number of fused-ring (bicyclic) bond motifs is 7. The van der Waals surface area contributed by atoms with E-state index in [-0.39, 0.29) is 120 Å². The van der Waals surface area contributed by atoms with E-state index >= 15 is 0 Å². The number of H-pyrrole nitrogens is 1. The lowest BCUT2D eigenvalue weighted by atomic mass is 9.80. The van der Waals surface area contributed by atoms with Crippen LogP contribution in [0.15, 0.2) is 228 Å². The zero-order valence-corrected chi connectivity index (χ0v) is 67.1. The molecule has 6 unspecified atom stereocenters. The topological polar surface area (TPSA) is 371 Å². The predicted molar refractivity (Wildman–Crippen MR) is 443 cm³/mol. The molecule has 5 amide bonds. The number of ether oxygens (including phenoxy) is 7. The summed E-state index contributed by atoms with van der Waals surface area (Å²) in [4.78, 5) is 111. The molecule has 0 bridgehead atoms. The van der Waals surface area contributed by atoms with Crippen molar-refractivity contribution < 1.29 is 75.8 Å². The Balaban J connectivity index is 0.620. The zero-order valence-electron chi connectivity index (χ0n) is 66.2. The summed E-state index contributed by atoms with van der Waals surface area (Å²) in [7, 11) is 2.27. The molecule has 6 N–H and O–H groups in total. The van der Waals surface area contributed by atoms with Crippen LogP contribution in [0, 0.1) is 11.3 Å². The first-order chi connectivity index (χ1) is 58.4. The highest BCUT2D eigenvalue weighted by molar-refractivity contribution is 7.41. The summed E-state index contributed by atoms with van der Waals surface area (Å²) in [5.74, 6) is -0.762. The molecule has 30 nitrogen and oxygen atoms in total. The number of rotatable bonds is 37. The molecule has 0 spiro atoms. The van der Waals surface area contributed by atoms with Crippen LogP contribution in [0.25, 0.3) is 33.4 Å². The maximum atomic E-state index is 13.9. The molecule has 2 aliphatic carbocycles. The van der Waals surface area contributed by atoms with Crippen LogP contribution in [-0.4, -0.2) is 161 Å². The number of aliphatic hydroxyl groups is 1. The highest BCUT2D eigenvalue weighted by Crippen LogP contribution is 2.50. The molecular weight excluding hydrogens is 1560 g/mol. The smallest absolute Gasteiger partial charge is 0.409 e. The van der Waals surface area contributed by atoms with Gasteiger partial charge in [-0.05, 0) is 123 Å². The van der Waals surface area contributed by atoms with Gasteiger partial charge in [-0.1, -0.05) is 164 Å². The fourth-order valence-electron chi connectivity index (χ4n) is 14.9. The number of nitriles is 1. The molecule has 11 aromatic rings. The van der Waals surface area contributed by atoms with Crippen molar-refractivity contribution in [2.75, 3.05) is 78.0 Å². The molecule has 8 aromatic carbocycles. The first-order valence-electron chi connectivity index (χ1n) is 39.1. The molecule has 1 fully saturated rings. The number of aromatic nitrogens is 6. The normalized spacial score (nSPS) is 15.4. The summed E-state index contributed by atoms with van der Waals surface area (Å²) < 4.78 is 65.1. The number of imidazole rings is 1. The maximum Gasteiger partial charge on any atom is 0.409 e. The van der Waals surface area contributed by atoms with Crippen molar-refractivity contribution in [3.05, 3.63) is 290 Å². The Labute approximate surface area is 691 Å². The van der Waals surface area contributed by atoms with Crippen molar-refractivity contribution in [1.29, 1.82) is 5.26 Å². The second-order valence-corrected chi connectivity index (χ2v) is 29.9. The van der Waals surface area contributed by atoms with Crippen LogP contribution in [0.5, 0.6) is 11.5 Å². The third kappa shape index (κ3) is 19.6. The molecule has 14 rings (SSSR count). The molecule has 618 valence electrons. The summed E-state index contributed by atoms with van der Waals surface area (Å²) >= 11 is 0. The molecule has 6 atom stereocenters. The van der Waals surface area contributed by atoms with E-state index in [1.54, 1.807) is 45.5 Å². The van der Waals surface area contributed by atoms with Gasteiger partial charge in [0, 0.05) is 69.5 Å². The SMILES string of the molecule is COc1ccc(C(OCC2OC(n3cnc4c(=O)[nH]c(NC(=O)CCNC(=O)c5ccc(CNC(=O)OCC6c7ccccc7-c7ccccc76)cc5)nc43)CC2OP(OCCC#N)OCC(OCn2ccc(NC(=O)CCCN(C)C(=O)OCC3c4ccccc4-c4ccccc43)nc2=O)C(C)O)(c2ccccc2)c2ccc(OC)cc2)cc1. The summed E-state index contributed by atoms with van der Waals surface area (Å²) in [5, 5.41) is 31.7. The fourth-order valence-corrected chi connectivity index (χ4v) is 16.0. The summed E-state index contributed by atoms with van der Waals surface area (Å²) in [6.45, 7) is 0.869. The Hall–Kier alpha value is -12.8. The lowest BCUT2D eigenvalue weighted by molar-refractivity contribution is -0.117. The van der Waals surface area contributed by atoms with Gasteiger partial charge < -0.3 is 72.7 Å². The molecule has 1 aliphatic heterocycles. The van der Waals surface area contributed by atoms with E-state index in [9.17, 15) is 43.9 Å². The molecule has 3 aromatic heterocycles. The Morgan fingerprint density at radius 3 is 1.87 bits per heavy atom. The number of carbonyl (C=O) groups excluding carboxylic acids is 5. The van der Waals surface area contributed by atoms with Gasteiger partial charge in [0.05, 0.1) is 65.1 Å². The number of alkyl carbamates (subject to hydrolysis) is 1. The van der Waals surface area contributed by atoms with E-state index < -0.39 is 92.7 Å². The lowest BCUT2D eigenvalue weighted by Gasteiger charge is -2.37. The zero-order chi connectivity index (χ0) is 83.7. The highest BCUT2D eigenvalue weighted by atomic mass is 31.2. The number of aromatic amines is 1. The van der Waals surface area contributed by atoms with Crippen LogP contribution in [0.4, 0.5) is 21.4 Å². The molecule has 4 heterocycles. The quantitative estimate of drug-likeness (QED) is 0.0120. The second-order valence-electron chi connectivity index (χ2n) is 28.8. The predicted octanol–water partition coefficient (Wildman–Crippen LogP) is 12.4. The van der Waals surface area contributed by atoms with Crippen molar-refractivity contribution >= 4 is 61.4 Å². The number of carbonyl (C=O) groups is 5. The maximum absolute atomic E-state index is 13.9. The van der Waals surface area contributed by atoms with E-state index in [0.29, 0.717) is 28.2 Å². The molecule has 0 radical (unpaired) electrons. The summed E-state index contributed by atoms with van der Waals surface area (Å²) in [6, 6.07) is 66.8. The van der Waals surface area contributed by atoms with Gasteiger partial charge in [-0.2, -0.15) is 15.2 Å². The number of aliphatic hydroxyl groups excluding tert-OH is 1. The number of methoxy groups -OCH3 is 2. The molecule has 120 heavy (non-hydrogen) atoms. The number of hydrogen-bond acceptors (Lipinski definition) is 22. The standard InChI is InChI=1S/C89H89N12O18P/c1-56(102)75(114-55-100-46-42-77(95-86(100)107)94-78(103)28-16-45-99(2)88(109)113-51-73-70-26-14-10-22-66(70)67-23-11-15-27-71(67)73)53-117-120(116-47-17-43-90)119-74-48-80(118-76(74)52-115-89(59-18-6-5-7-19-59,60-33-37-62(110-3)38-34-60)61-35-39-63(111-4)40-36-61)101-54-93-81-82(101)97-85(98-84(81)106)96-79(104)41-44-91-83(105)58-31-29-57(30-32-58)49-92-87(108)112-50-72-68-24-12-8-20-64(68)65-21-9-13-25-69(65)72/h5-15,18-27,29-40,42,46,54,56,72-76,80,102H,16-17,28,41,44-45,47-53,55H2,1-4H3,(H,91,105)(H,92,108)(H,94,95,103,107)(H2,96,97,98,104,106). The summed E-state index contributed by atoms with van der Waals surface area (Å²) in [5.41, 5.74) is 9.09. The van der Waals surface area contributed by atoms with Crippen molar-refractivity contribution in [2.45, 2.75) is 100 Å². The molecule has 3 aliphatic rings. The third-order valence-corrected chi connectivity index (χ3v) is 22.3. The van der Waals surface area contributed by atoms with Gasteiger partial charge in [-0.15, -0.1) is 0 Å². The van der Waals surface area contributed by atoms with Gasteiger partial charge in [-0.3, -0.25) is 38.6 Å². The largest absolute Gasteiger partial charge is 0.497 e. The van der Waals surface area contributed by atoms with Crippen molar-refractivity contribution in [2.24, 2.45) is 0 Å². The van der Waals surface area contributed by atoms with Crippen molar-refractivity contribution in [3.63, 3.8) is 0 Å². The van der Waals surface area contributed by atoms with Gasteiger partial charge in [0.15, 0.2) is 11.2 Å². The molecular formula is C89H89N12O18P. The van der Waals surface area contributed by atoms with Crippen LogP contribution in [0.1, 0.15) is 112 Å².